The number of hydrogen-bond acceptors (Lipinski definition) is 3. The normalized spacial score (nSPS) is 24.1. The Morgan fingerprint density at radius 1 is 1.13 bits per heavy atom. The van der Waals surface area contributed by atoms with Gasteiger partial charge in [-0.1, -0.05) is 6.07 Å². The Labute approximate surface area is 136 Å². The zero-order chi connectivity index (χ0) is 15.8. The van der Waals surface area contributed by atoms with Crippen LogP contribution in [0.3, 0.4) is 0 Å². The number of pyridine rings is 1. The number of carbonyl (C=O) groups is 1. The number of rotatable bonds is 3. The summed E-state index contributed by atoms with van der Waals surface area (Å²) in [5.41, 5.74) is 1.92. The van der Waals surface area contributed by atoms with Gasteiger partial charge in [-0.05, 0) is 36.1 Å². The average molecular weight is 310 g/mol. The van der Waals surface area contributed by atoms with Crippen molar-refractivity contribution in [3.8, 4) is 0 Å². The fraction of sp³-hybridized carbons (Fsp3) is 0.444. The van der Waals surface area contributed by atoms with Gasteiger partial charge in [-0.15, -0.1) is 0 Å². The maximum Gasteiger partial charge on any atom is 0.270 e. The molecule has 0 unspecified atom stereocenters. The zero-order valence-electron chi connectivity index (χ0n) is 13.4. The Hall–Kier alpha value is -2.14. The highest BCUT2D eigenvalue weighted by atomic mass is 16.2. The molecule has 2 aromatic rings. The van der Waals surface area contributed by atoms with Crippen molar-refractivity contribution in [2.24, 2.45) is 18.9 Å². The van der Waals surface area contributed by atoms with Crippen LogP contribution in [0, 0.1) is 11.8 Å². The van der Waals surface area contributed by atoms with Crippen LogP contribution in [0.4, 0.5) is 0 Å². The molecule has 120 valence electrons. The predicted molar refractivity (Wildman–Crippen MR) is 87.8 cm³/mol. The Morgan fingerprint density at radius 3 is 2.52 bits per heavy atom. The first-order valence-electron chi connectivity index (χ1n) is 8.23. The molecule has 23 heavy (non-hydrogen) atoms. The maximum atomic E-state index is 12.6. The third-order valence-corrected chi connectivity index (χ3v) is 5.12. The molecule has 5 heteroatoms. The number of hydrogen-bond donors (Lipinski definition) is 0. The molecule has 0 spiro atoms. The second-order valence-corrected chi connectivity index (χ2v) is 6.75. The minimum absolute atomic E-state index is 0.170. The molecular formula is C18H22N4O. The van der Waals surface area contributed by atoms with E-state index in [9.17, 15) is 4.79 Å². The molecule has 0 saturated carbocycles. The van der Waals surface area contributed by atoms with Crippen LogP contribution in [0.2, 0.25) is 0 Å². The third kappa shape index (κ3) is 2.77. The van der Waals surface area contributed by atoms with E-state index in [1.807, 2.05) is 53.2 Å². The highest BCUT2D eigenvalue weighted by molar-refractivity contribution is 5.93. The molecule has 0 radical (unpaired) electrons. The predicted octanol–water partition coefficient (Wildman–Crippen LogP) is 1.62. The second kappa shape index (κ2) is 5.81. The van der Waals surface area contributed by atoms with Crippen molar-refractivity contribution in [1.82, 2.24) is 19.4 Å². The quantitative estimate of drug-likeness (QED) is 0.865. The number of fused-ring (bicyclic) bond motifs is 1. The second-order valence-electron chi connectivity index (χ2n) is 6.75. The molecule has 2 atom stereocenters. The molecule has 0 aliphatic carbocycles. The van der Waals surface area contributed by atoms with Crippen LogP contribution in [0.5, 0.6) is 0 Å². The van der Waals surface area contributed by atoms with Crippen molar-refractivity contribution >= 4 is 5.91 Å². The highest BCUT2D eigenvalue weighted by Crippen LogP contribution is 2.32. The summed E-state index contributed by atoms with van der Waals surface area (Å²) in [5.74, 6) is 1.37. The van der Waals surface area contributed by atoms with Crippen molar-refractivity contribution < 1.29 is 4.79 Å². The van der Waals surface area contributed by atoms with E-state index in [2.05, 4.69) is 16.0 Å². The van der Waals surface area contributed by atoms with E-state index in [0.717, 1.165) is 44.1 Å². The smallest absolute Gasteiger partial charge is 0.270 e. The molecule has 2 fully saturated rings. The van der Waals surface area contributed by atoms with E-state index in [1.165, 1.54) is 0 Å². The molecule has 0 aromatic carbocycles. The van der Waals surface area contributed by atoms with Crippen LogP contribution in [0.1, 0.15) is 16.2 Å². The van der Waals surface area contributed by atoms with Crippen LogP contribution < -0.4 is 0 Å². The van der Waals surface area contributed by atoms with Gasteiger partial charge in [0, 0.05) is 52.2 Å². The number of aryl methyl sites for hydroxylation is 1. The molecule has 1 amide bonds. The van der Waals surface area contributed by atoms with Crippen LogP contribution in [0.25, 0.3) is 0 Å². The van der Waals surface area contributed by atoms with Gasteiger partial charge in [0.15, 0.2) is 0 Å². The lowest BCUT2D eigenvalue weighted by molar-refractivity contribution is 0.0764. The zero-order valence-corrected chi connectivity index (χ0v) is 13.4. The fourth-order valence-electron chi connectivity index (χ4n) is 3.95. The first kappa shape index (κ1) is 14.5. The van der Waals surface area contributed by atoms with E-state index in [-0.39, 0.29) is 5.91 Å². The monoisotopic (exact) mass is 310 g/mol. The number of aromatic nitrogens is 2. The largest absolute Gasteiger partial charge is 0.347 e. The van der Waals surface area contributed by atoms with Crippen LogP contribution >= 0.6 is 0 Å². The summed E-state index contributed by atoms with van der Waals surface area (Å²) in [6.45, 7) is 4.82. The van der Waals surface area contributed by atoms with Crippen molar-refractivity contribution in [3.63, 3.8) is 0 Å². The lowest BCUT2D eigenvalue weighted by atomic mass is 10.0. The molecule has 2 aliphatic rings. The summed E-state index contributed by atoms with van der Waals surface area (Å²) in [4.78, 5) is 21.5. The van der Waals surface area contributed by atoms with Crippen LogP contribution in [0.15, 0.2) is 42.7 Å². The van der Waals surface area contributed by atoms with Gasteiger partial charge >= 0.3 is 0 Å². The molecule has 0 N–H and O–H groups in total. The minimum atomic E-state index is 0.170. The molecule has 2 aliphatic heterocycles. The third-order valence-electron chi connectivity index (χ3n) is 5.12. The Balaban J connectivity index is 1.37. The van der Waals surface area contributed by atoms with Gasteiger partial charge in [0.1, 0.15) is 5.69 Å². The van der Waals surface area contributed by atoms with Gasteiger partial charge in [-0.25, -0.2) is 0 Å². The minimum Gasteiger partial charge on any atom is -0.347 e. The van der Waals surface area contributed by atoms with Crippen molar-refractivity contribution in [2.75, 3.05) is 26.2 Å². The van der Waals surface area contributed by atoms with Gasteiger partial charge in [0.05, 0.1) is 5.69 Å². The summed E-state index contributed by atoms with van der Waals surface area (Å²) >= 11 is 0. The lowest BCUT2D eigenvalue weighted by Crippen LogP contribution is -2.34. The molecule has 0 bridgehead atoms. The number of amides is 1. The van der Waals surface area contributed by atoms with E-state index < -0.39 is 0 Å². The summed E-state index contributed by atoms with van der Waals surface area (Å²) < 4.78 is 1.91. The van der Waals surface area contributed by atoms with Gasteiger partial charge in [0.25, 0.3) is 5.91 Å². The van der Waals surface area contributed by atoms with Gasteiger partial charge in [0.2, 0.25) is 0 Å². The van der Waals surface area contributed by atoms with Crippen molar-refractivity contribution in [3.05, 3.63) is 54.1 Å². The molecule has 2 aromatic heterocycles. The summed E-state index contributed by atoms with van der Waals surface area (Å²) in [6.07, 6.45) is 3.78. The van der Waals surface area contributed by atoms with Crippen molar-refractivity contribution in [1.29, 1.82) is 0 Å². The van der Waals surface area contributed by atoms with E-state index in [4.69, 9.17) is 0 Å². The molecule has 2 saturated heterocycles. The number of likely N-dealkylation sites (tertiary alicyclic amines) is 2. The molecular weight excluding hydrogens is 288 g/mol. The van der Waals surface area contributed by atoms with Gasteiger partial charge in [-0.2, -0.15) is 0 Å². The SMILES string of the molecule is Cn1cccc1C(=O)N1C[C@H]2CN(Cc3ccccn3)C[C@H]2C1. The van der Waals surface area contributed by atoms with Crippen LogP contribution in [-0.4, -0.2) is 51.4 Å². The van der Waals surface area contributed by atoms with Gasteiger partial charge < -0.3 is 9.47 Å². The van der Waals surface area contributed by atoms with Crippen molar-refractivity contribution in [2.45, 2.75) is 6.54 Å². The van der Waals surface area contributed by atoms with Crippen LogP contribution in [-0.2, 0) is 13.6 Å². The Morgan fingerprint density at radius 2 is 1.91 bits per heavy atom. The van der Waals surface area contributed by atoms with Gasteiger partial charge in [-0.3, -0.25) is 14.7 Å². The van der Waals surface area contributed by atoms with E-state index in [0.29, 0.717) is 11.8 Å². The topological polar surface area (TPSA) is 41.4 Å². The fourth-order valence-corrected chi connectivity index (χ4v) is 3.95. The molecule has 4 rings (SSSR count). The summed E-state index contributed by atoms with van der Waals surface area (Å²) in [7, 11) is 1.93. The molecule has 4 heterocycles. The maximum absolute atomic E-state index is 12.6. The number of nitrogens with zero attached hydrogens (tertiary/aromatic N) is 4. The highest BCUT2D eigenvalue weighted by Gasteiger charge is 2.41. The standard InChI is InChI=1S/C18H22N4O/c1-20-8-4-6-17(20)18(23)22-11-14-9-21(10-15(14)12-22)13-16-5-2-3-7-19-16/h2-8,14-15H,9-13H2,1H3/t14-,15+. The lowest BCUT2D eigenvalue weighted by Gasteiger charge is -2.21. The molecule has 5 nitrogen and oxygen atoms in total. The average Bonchev–Trinajstić information content (AvgIpc) is 3.22. The first-order chi connectivity index (χ1) is 11.2. The van der Waals surface area contributed by atoms with E-state index in [1.54, 1.807) is 0 Å². The number of carbonyl (C=O) groups excluding carboxylic acids is 1. The summed E-state index contributed by atoms with van der Waals surface area (Å²) in [5, 5.41) is 0. The van der Waals surface area contributed by atoms with E-state index >= 15 is 0 Å². The Kier molecular flexibility index (Phi) is 3.65. The Bertz CT molecular complexity index is 682. The summed E-state index contributed by atoms with van der Waals surface area (Å²) in [6, 6.07) is 9.91. The first-order valence-corrected chi connectivity index (χ1v) is 8.23.